The van der Waals surface area contributed by atoms with E-state index in [1.54, 1.807) is 7.11 Å². The molecule has 2 rings (SSSR count). The van der Waals surface area contributed by atoms with Crippen molar-refractivity contribution in [1.82, 2.24) is 5.32 Å². The van der Waals surface area contributed by atoms with Gasteiger partial charge in [0.2, 0.25) is 5.91 Å². The lowest BCUT2D eigenvalue weighted by atomic mass is 9.81. The van der Waals surface area contributed by atoms with Crippen molar-refractivity contribution in [2.24, 2.45) is 5.73 Å². The molecule has 20 heavy (non-hydrogen) atoms. The van der Waals surface area contributed by atoms with E-state index in [-0.39, 0.29) is 11.9 Å². The Bertz CT molecular complexity index is 467. The Morgan fingerprint density at radius 2 is 2.05 bits per heavy atom. The number of carbonyl (C=O) groups excluding carboxylic acids is 1. The predicted octanol–water partition coefficient (Wildman–Crippen LogP) is 2.53. The molecule has 0 bridgehead atoms. The number of methoxy groups -OCH3 is 1. The van der Waals surface area contributed by atoms with Crippen LogP contribution in [0.1, 0.15) is 50.6 Å². The molecule has 1 aliphatic carbocycles. The molecule has 4 nitrogen and oxygen atoms in total. The Labute approximate surface area is 120 Å². The van der Waals surface area contributed by atoms with E-state index in [4.69, 9.17) is 10.5 Å². The van der Waals surface area contributed by atoms with Gasteiger partial charge >= 0.3 is 0 Å². The van der Waals surface area contributed by atoms with Crippen LogP contribution >= 0.6 is 0 Å². The summed E-state index contributed by atoms with van der Waals surface area (Å²) in [5, 5.41) is 3.04. The van der Waals surface area contributed by atoms with Crippen LogP contribution in [0.5, 0.6) is 5.75 Å². The van der Waals surface area contributed by atoms with Gasteiger partial charge in [0.1, 0.15) is 5.75 Å². The van der Waals surface area contributed by atoms with E-state index in [2.05, 4.69) is 5.32 Å². The van der Waals surface area contributed by atoms with E-state index in [9.17, 15) is 4.79 Å². The van der Waals surface area contributed by atoms with Gasteiger partial charge in [0.05, 0.1) is 18.7 Å². The van der Waals surface area contributed by atoms with Crippen molar-refractivity contribution in [2.75, 3.05) is 7.11 Å². The van der Waals surface area contributed by atoms with E-state index in [1.807, 2.05) is 31.2 Å². The quantitative estimate of drug-likeness (QED) is 0.888. The Kier molecular flexibility index (Phi) is 4.65. The lowest BCUT2D eigenvalue weighted by Gasteiger charge is -2.33. The molecule has 1 aliphatic rings. The molecular formula is C16H24N2O2. The second-order valence-electron chi connectivity index (χ2n) is 5.69. The predicted molar refractivity (Wildman–Crippen MR) is 79.6 cm³/mol. The van der Waals surface area contributed by atoms with Gasteiger partial charge in [0.15, 0.2) is 0 Å². The van der Waals surface area contributed by atoms with Gasteiger partial charge < -0.3 is 15.8 Å². The molecule has 0 heterocycles. The number of benzene rings is 1. The van der Waals surface area contributed by atoms with E-state index >= 15 is 0 Å². The minimum absolute atomic E-state index is 0.0347. The third-order valence-electron chi connectivity index (χ3n) is 4.14. The lowest BCUT2D eigenvalue weighted by Crippen LogP contribution is -2.55. The Morgan fingerprint density at radius 3 is 2.70 bits per heavy atom. The highest BCUT2D eigenvalue weighted by molar-refractivity contribution is 5.86. The van der Waals surface area contributed by atoms with Crippen molar-refractivity contribution < 1.29 is 9.53 Å². The highest BCUT2D eigenvalue weighted by Gasteiger charge is 2.35. The molecule has 3 N–H and O–H groups in total. The summed E-state index contributed by atoms with van der Waals surface area (Å²) < 4.78 is 5.21. The number of nitrogens with two attached hydrogens (primary N) is 1. The molecule has 0 saturated heterocycles. The summed E-state index contributed by atoms with van der Waals surface area (Å²) in [5.74, 6) is 0.760. The standard InChI is InChI=1S/C16H24N2O2/c1-12(13-7-6-8-14(11-13)20-2)18-15(19)16(17)9-4-3-5-10-16/h6-8,11-12H,3-5,9-10,17H2,1-2H3,(H,18,19). The normalized spacial score (nSPS) is 19.1. The monoisotopic (exact) mass is 276 g/mol. The van der Waals surface area contributed by atoms with Gasteiger partial charge in [-0.1, -0.05) is 31.4 Å². The van der Waals surface area contributed by atoms with Crippen molar-refractivity contribution in [3.8, 4) is 5.75 Å². The molecule has 1 aromatic carbocycles. The highest BCUT2D eigenvalue weighted by Crippen LogP contribution is 2.27. The summed E-state index contributed by atoms with van der Waals surface area (Å²) in [7, 11) is 1.64. The number of hydrogen-bond donors (Lipinski definition) is 2. The van der Waals surface area contributed by atoms with Crippen molar-refractivity contribution in [3.05, 3.63) is 29.8 Å². The molecule has 0 aromatic heterocycles. The summed E-state index contributed by atoms with van der Waals surface area (Å²) in [5.41, 5.74) is 6.58. The summed E-state index contributed by atoms with van der Waals surface area (Å²) in [6.07, 6.45) is 4.82. The lowest BCUT2D eigenvalue weighted by molar-refractivity contribution is -0.128. The molecule has 0 spiro atoms. The third kappa shape index (κ3) is 3.31. The fourth-order valence-electron chi connectivity index (χ4n) is 2.74. The summed E-state index contributed by atoms with van der Waals surface area (Å²) in [6, 6.07) is 7.67. The van der Waals surface area contributed by atoms with Crippen LogP contribution in [0, 0.1) is 0 Å². The Morgan fingerprint density at radius 1 is 1.35 bits per heavy atom. The second kappa shape index (κ2) is 6.27. The molecular weight excluding hydrogens is 252 g/mol. The smallest absolute Gasteiger partial charge is 0.240 e. The first-order chi connectivity index (χ1) is 9.55. The molecule has 1 amide bonds. The van der Waals surface area contributed by atoms with Crippen LogP contribution in [-0.4, -0.2) is 18.6 Å². The molecule has 1 fully saturated rings. The van der Waals surface area contributed by atoms with Gasteiger partial charge in [0, 0.05) is 0 Å². The first kappa shape index (κ1) is 14.9. The summed E-state index contributed by atoms with van der Waals surface area (Å²) >= 11 is 0. The van der Waals surface area contributed by atoms with Gasteiger partial charge in [-0.25, -0.2) is 0 Å². The molecule has 0 aliphatic heterocycles. The van der Waals surface area contributed by atoms with Crippen LogP contribution in [0.25, 0.3) is 0 Å². The summed E-state index contributed by atoms with van der Waals surface area (Å²) in [4.78, 5) is 12.4. The minimum atomic E-state index is -0.689. The van der Waals surface area contributed by atoms with Gasteiger partial charge in [0.25, 0.3) is 0 Å². The first-order valence-electron chi connectivity index (χ1n) is 7.29. The number of ether oxygens (including phenoxy) is 1. The molecule has 0 radical (unpaired) electrons. The van der Waals surface area contributed by atoms with Gasteiger partial charge in [-0.3, -0.25) is 4.79 Å². The van der Waals surface area contributed by atoms with Crippen LogP contribution in [0.2, 0.25) is 0 Å². The molecule has 4 heteroatoms. The zero-order valence-corrected chi connectivity index (χ0v) is 12.3. The molecule has 1 aromatic rings. The number of amides is 1. The zero-order valence-electron chi connectivity index (χ0n) is 12.3. The number of rotatable bonds is 4. The van der Waals surface area contributed by atoms with Gasteiger partial charge in [-0.15, -0.1) is 0 Å². The third-order valence-corrected chi connectivity index (χ3v) is 4.14. The van der Waals surface area contributed by atoms with Crippen LogP contribution in [0.15, 0.2) is 24.3 Å². The number of hydrogen-bond acceptors (Lipinski definition) is 3. The highest BCUT2D eigenvalue weighted by atomic mass is 16.5. The van der Waals surface area contributed by atoms with Crippen molar-refractivity contribution >= 4 is 5.91 Å². The number of carbonyl (C=O) groups is 1. The Hall–Kier alpha value is -1.55. The topological polar surface area (TPSA) is 64.3 Å². The SMILES string of the molecule is COc1cccc(C(C)NC(=O)C2(N)CCCCC2)c1. The van der Waals surface area contributed by atoms with E-state index in [1.165, 1.54) is 6.42 Å². The van der Waals surface area contributed by atoms with E-state index < -0.39 is 5.54 Å². The second-order valence-corrected chi connectivity index (χ2v) is 5.69. The fourth-order valence-corrected chi connectivity index (χ4v) is 2.74. The van der Waals surface area contributed by atoms with Gasteiger partial charge in [-0.2, -0.15) is 0 Å². The maximum Gasteiger partial charge on any atom is 0.240 e. The summed E-state index contributed by atoms with van der Waals surface area (Å²) in [6.45, 7) is 1.97. The van der Waals surface area contributed by atoms with E-state index in [0.29, 0.717) is 0 Å². The average molecular weight is 276 g/mol. The fraction of sp³-hybridized carbons (Fsp3) is 0.562. The van der Waals surface area contributed by atoms with Crippen LogP contribution in [0.4, 0.5) is 0 Å². The maximum absolute atomic E-state index is 12.4. The van der Waals surface area contributed by atoms with Crippen molar-refractivity contribution in [1.29, 1.82) is 0 Å². The molecule has 110 valence electrons. The van der Waals surface area contributed by atoms with Crippen molar-refractivity contribution in [2.45, 2.75) is 50.6 Å². The van der Waals surface area contributed by atoms with Gasteiger partial charge in [-0.05, 0) is 37.5 Å². The number of nitrogens with one attached hydrogen (secondary N) is 1. The largest absolute Gasteiger partial charge is 0.497 e. The van der Waals surface area contributed by atoms with Crippen LogP contribution in [0.3, 0.4) is 0 Å². The molecule has 1 unspecified atom stereocenters. The first-order valence-corrected chi connectivity index (χ1v) is 7.29. The maximum atomic E-state index is 12.4. The van der Waals surface area contributed by atoms with E-state index in [0.717, 1.165) is 37.0 Å². The van der Waals surface area contributed by atoms with Crippen LogP contribution < -0.4 is 15.8 Å². The zero-order chi connectivity index (χ0) is 14.6. The Balaban J connectivity index is 2.02. The van der Waals surface area contributed by atoms with Crippen molar-refractivity contribution in [3.63, 3.8) is 0 Å². The minimum Gasteiger partial charge on any atom is -0.497 e. The average Bonchev–Trinajstić information content (AvgIpc) is 2.48. The van der Waals surface area contributed by atoms with Crippen LogP contribution in [-0.2, 0) is 4.79 Å². The molecule has 1 saturated carbocycles. The molecule has 1 atom stereocenters.